The molecule has 0 aliphatic heterocycles. The van der Waals surface area contributed by atoms with Gasteiger partial charge in [0.15, 0.2) is 0 Å². The first-order valence-electron chi connectivity index (χ1n) is 7.51. The van der Waals surface area contributed by atoms with E-state index < -0.39 is 0 Å². The third-order valence-corrected chi connectivity index (χ3v) is 4.06. The Labute approximate surface area is 139 Å². The number of aromatic nitrogens is 2. The second-order valence-electron chi connectivity index (χ2n) is 5.07. The second kappa shape index (κ2) is 8.99. The van der Waals surface area contributed by atoms with Crippen molar-refractivity contribution in [2.75, 3.05) is 13.1 Å². The maximum Gasteiger partial charge on any atom is 0.220 e. The summed E-state index contributed by atoms with van der Waals surface area (Å²) < 4.78 is 0. The molecule has 2 amide bonds. The first-order valence-corrected chi connectivity index (χ1v) is 8.39. The normalized spacial score (nSPS) is 10.3. The van der Waals surface area contributed by atoms with Gasteiger partial charge in [0, 0.05) is 49.8 Å². The third-order valence-electron chi connectivity index (χ3n) is 3.12. The minimum absolute atomic E-state index is 0.00347. The first kappa shape index (κ1) is 17.1. The van der Waals surface area contributed by atoms with Crippen molar-refractivity contribution in [1.29, 1.82) is 0 Å². The van der Waals surface area contributed by atoms with Crippen molar-refractivity contribution in [2.45, 2.75) is 26.2 Å². The van der Waals surface area contributed by atoms with Gasteiger partial charge in [-0.25, -0.2) is 4.98 Å². The van der Waals surface area contributed by atoms with Crippen LogP contribution in [0.3, 0.4) is 0 Å². The first-order chi connectivity index (χ1) is 11.1. The molecule has 0 atom stereocenters. The van der Waals surface area contributed by atoms with E-state index in [1.165, 1.54) is 6.92 Å². The molecule has 0 saturated carbocycles. The van der Waals surface area contributed by atoms with Gasteiger partial charge in [-0.1, -0.05) is 0 Å². The quantitative estimate of drug-likeness (QED) is 0.722. The van der Waals surface area contributed by atoms with Crippen LogP contribution in [0, 0.1) is 0 Å². The fraction of sp³-hybridized carbons (Fsp3) is 0.375. The van der Waals surface area contributed by atoms with Crippen molar-refractivity contribution in [3.05, 3.63) is 35.6 Å². The zero-order chi connectivity index (χ0) is 16.5. The standard InChI is InChI=1S/C16H20N4O2S/c1-12(21)18-8-3-9-19-15(22)6-5-14-11-23-16(20-14)13-4-2-7-17-10-13/h2,4,7,10-11H,3,5-6,8-9H2,1H3,(H,18,21)(H,19,22). The number of carbonyl (C=O) groups excluding carboxylic acids is 2. The van der Waals surface area contributed by atoms with Crippen LogP contribution in [-0.2, 0) is 16.0 Å². The average molecular weight is 332 g/mol. The van der Waals surface area contributed by atoms with E-state index in [-0.39, 0.29) is 11.8 Å². The van der Waals surface area contributed by atoms with E-state index in [4.69, 9.17) is 0 Å². The third kappa shape index (κ3) is 6.15. The maximum atomic E-state index is 11.8. The number of nitrogens with one attached hydrogen (secondary N) is 2. The highest BCUT2D eigenvalue weighted by Gasteiger charge is 2.07. The smallest absolute Gasteiger partial charge is 0.220 e. The predicted octanol–water partition coefficient (Wildman–Crippen LogP) is 1.78. The minimum Gasteiger partial charge on any atom is -0.356 e. The Bertz CT molecular complexity index is 643. The number of nitrogens with zero attached hydrogens (tertiary/aromatic N) is 2. The molecule has 0 unspecified atom stereocenters. The highest BCUT2D eigenvalue weighted by molar-refractivity contribution is 7.13. The Morgan fingerprint density at radius 3 is 2.83 bits per heavy atom. The molecule has 0 saturated heterocycles. The van der Waals surface area contributed by atoms with Crippen LogP contribution in [0.2, 0.25) is 0 Å². The molecule has 0 aliphatic carbocycles. The van der Waals surface area contributed by atoms with Crippen LogP contribution < -0.4 is 10.6 Å². The summed E-state index contributed by atoms with van der Waals surface area (Å²) in [6, 6.07) is 3.85. The lowest BCUT2D eigenvalue weighted by atomic mass is 10.2. The van der Waals surface area contributed by atoms with E-state index in [1.807, 2.05) is 17.5 Å². The van der Waals surface area contributed by atoms with Crippen molar-refractivity contribution >= 4 is 23.2 Å². The molecule has 6 nitrogen and oxygen atoms in total. The monoisotopic (exact) mass is 332 g/mol. The summed E-state index contributed by atoms with van der Waals surface area (Å²) >= 11 is 1.56. The van der Waals surface area contributed by atoms with Gasteiger partial charge in [0.1, 0.15) is 5.01 Å². The summed E-state index contributed by atoms with van der Waals surface area (Å²) in [5.74, 6) is -0.0481. The molecule has 0 spiro atoms. The molecule has 0 fully saturated rings. The predicted molar refractivity (Wildman–Crippen MR) is 90.0 cm³/mol. The molecular formula is C16H20N4O2S. The van der Waals surface area contributed by atoms with Gasteiger partial charge in [-0.2, -0.15) is 0 Å². The van der Waals surface area contributed by atoms with E-state index in [2.05, 4.69) is 20.6 Å². The van der Waals surface area contributed by atoms with Gasteiger partial charge >= 0.3 is 0 Å². The van der Waals surface area contributed by atoms with Gasteiger partial charge in [0.2, 0.25) is 11.8 Å². The van der Waals surface area contributed by atoms with Crippen LogP contribution in [0.15, 0.2) is 29.9 Å². The molecule has 2 aromatic heterocycles. The van der Waals surface area contributed by atoms with E-state index in [0.29, 0.717) is 25.9 Å². The number of rotatable bonds is 8. The molecule has 2 N–H and O–H groups in total. The van der Waals surface area contributed by atoms with Crippen molar-refractivity contribution in [2.24, 2.45) is 0 Å². The van der Waals surface area contributed by atoms with Gasteiger partial charge in [0.05, 0.1) is 5.69 Å². The van der Waals surface area contributed by atoms with Crippen LogP contribution in [0.5, 0.6) is 0 Å². The molecular weight excluding hydrogens is 312 g/mol. The largest absolute Gasteiger partial charge is 0.356 e. The summed E-state index contributed by atoms with van der Waals surface area (Å²) in [5, 5.41) is 8.43. The molecule has 7 heteroatoms. The van der Waals surface area contributed by atoms with Gasteiger partial charge in [-0.15, -0.1) is 11.3 Å². The number of hydrogen-bond donors (Lipinski definition) is 2. The summed E-state index contributed by atoms with van der Waals surface area (Å²) in [6.45, 7) is 2.62. The molecule has 2 aromatic rings. The zero-order valence-corrected chi connectivity index (χ0v) is 13.9. The molecule has 2 heterocycles. The van der Waals surface area contributed by atoms with Gasteiger partial charge < -0.3 is 10.6 Å². The van der Waals surface area contributed by atoms with Gasteiger partial charge in [0.25, 0.3) is 0 Å². The number of aryl methyl sites for hydroxylation is 1. The second-order valence-corrected chi connectivity index (χ2v) is 5.93. The van der Waals surface area contributed by atoms with Crippen molar-refractivity contribution in [1.82, 2.24) is 20.6 Å². The van der Waals surface area contributed by atoms with Crippen LogP contribution >= 0.6 is 11.3 Å². The molecule has 122 valence electrons. The number of pyridine rings is 1. The Kier molecular flexibility index (Phi) is 6.68. The van der Waals surface area contributed by atoms with E-state index in [1.54, 1.807) is 23.7 Å². The van der Waals surface area contributed by atoms with Gasteiger partial charge in [-0.05, 0) is 25.0 Å². The Hall–Kier alpha value is -2.28. The average Bonchev–Trinajstić information content (AvgIpc) is 3.02. The van der Waals surface area contributed by atoms with E-state index in [9.17, 15) is 9.59 Å². The van der Waals surface area contributed by atoms with Crippen molar-refractivity contribution in [3.63, 3.8) is 0 Å². The SMILES string of the molecule is CC(=O)NCCCNC(=O)CCc1csc(-c2cccnc2)n1. The van der Waals surface area contributed by atoms with E-state index in [0.717, 1.165) is 22.7 Å². The molecule has 0 aromatic carbocycles. The van der Waals surface area contributed by atoms with Crippen LogP contribution in [0.25, 0.3) is 10.6 Å². The summed E-state index contributed by atoms with van der Waals surface area (Å²) in [6.07, 6.45) is 5.27. The number of hydrogen-bond acceptors (Lipinski definition) is 5. The van der Waals surface area contributed by atoms with Crippen LogP contribution in [0.4, 0.5) is 0 Å². The molecule has 0 radical (unpaired) electrons. The highest BCUT2D eigenvalue weighted by Crippen LogP contribution is 2.23. The number of thiazole rings is 1. The minimum atomic E-state index is -0.0516. The highest BCUT2D eigenvalue weighted by atomic mass is 32.1. The Morgan fingerprint density at radius 2 is 2.09 bits per heavy atom. The summed E-state index contributed by atoms with van der Waals surface area (Å²) in [7, 11) is 0. The maximum absolute atomic E-state index is 11.8. The van der Waals surface area contributed by atoms with Crippen molar-refractivity contribution in [3.8, 4) is 10.6 Å². The van der Waals surface area contributed by atoms with Crippen LogP contribution in [0.1, 0.15) is 25.5 Å². The molecule has 0 aliphatic rings. The Morgan fingerprint density at radius 1 is 1.26 bits per heavy atom. The fourth-order valence-corrected chi connectivity index (χ4v) is 2.80. The van der Waals surface area contributed by atoms with E-state index >= 15 is 0 Å². The van der Waals surface area contributed by atoms with Crippen molar-refractivity contribution < 1.29 is 9.59 Å². The Balaban J connectivity index is 1.69. The summed E-state index contributed by atoms with van der Waals surface area (Å²) in [4.78, 5) is 31.1. The number of carbonyl (C=O) groups is 2. The zero-order valence-electron chi connectivity index (χ0n) is 13.0. The molecule has 0 bridgehead atoms. The fourth-order valence-electron chi connectivity index (χ4n) is 1.95. The van der Waals surface area contributed by atoms with Crippen LogP contribution in [-0.4, -0.2) is 34.9 Å². The summed E-state index contributed by atoms with van der Waals surface area (Å²) in [5.41, 5.74) is 1.91. The molecule has 2 rings (SSSR count). The lowest BCUT2D eigenvalue weighted by Gasteiger charge is -2.05. The van der Waals surface area contributed by atoms with Gasteiger partial charge in [-0.3, -0.25) is 14.6 Å². The lowest BCUT2D eigenvalue weighted by Crippen LogP contribution is -2.28. The number of amides is 2. The molecule has 23 heavy (non-hydrogen) atoms. The topological polar surface area (TPSA) is 84.0 Å². The lowest BCUT2D eigenvalue weighted by molar-refractivity contribution is -0.121.